The Balaban J connectivity index is 2.50. The van der Waals surface area contributed by atoms with Crippen molar-refractivity contribution in [1.29, 1.82) is 0 Å². The molecule has 0 bridgehead atoms. The van der Waals surface area contributed by atoms with Gasteiger partial charge in [-0.25, -0.2) is 4.39 Å². The van der Waals surface area contributed by atoms with E-state index in [1.807, 2.05) is 6.07 Å². The van der Waals surface area contributed by atoms with Crippen LogP contribution >= 0.6 is 15.9 Å². The zero-order chi connectivity index (χ0) is 13.3. The standard InChI is InChI=1S/C14H17BrFNO/c1-4-10-11-5-9(15)6-12(16)14(11)18-13(10)7-17-8(2)3/h5-6,8,17H,4,7H2,1-3H3. The number of aryl methyl sites for hydroxylation is 1. The van der Waals surface area contributed by atoms with Gasteiger partial charge in [0.05, 0.1) is 6.54 Å². The average molecular weight is 314 g/mol. The highest BCUT2D eigenvalue weighted by molar-refractivity contribution is 9.10. The fourth-order valence-corrected chi connectivity index (χ4v) is 2.48. The first kappa shape index (κ1) is 13.6. The van der Waals surface area contributed by atoms with Gasteiger partial charge in [-0.15, -0.1) is 0 Å². The Morgan fingerprint density at radius 3 is 2.72 bits per heavy atom. The number of furan rings is 1. The smallest absolute Gasteiger partial charge is 0.170 e. The molecule has 0 spiro atoms. The van der Waals surface area contributed by atoms with Gasteiger partial charge in [0, 0.05) is 21.5 Å². The molecule has 1 aromatic heterocycles. The van der Waals surface area contributed by atoms with Crippen molar-refractivity contribution < 1.29 is 8.81 Å². The van der Waals surface area contributed by atoms with E-state index in [9.17, 15) is 4.39 Å². The normalized spacial score (nSPS) is 11.7. The van der Waals surface area contributed by atoms with Crippen LogP contribution < -0.4 is 5.32 Å². The van der Waals surface area contributed by atoms with E-state index in [0.717, 1.165) is 27.6 Å². The minimum absolute atomic E-state index is 0.315. The molecule has 0 radical (unpaired) electrons. The molecule has 0 aliphatic carbocycles. The summed E-state index contributed by atoms with van der Waals surface area (Å²) >= 11 is 3.32. The largest absolute Gasteiger partial charge is 0.456 e. The van der Waals surface area contributed by atoms with Gasteiger partial charge in [0.15, 0.2) is 11.4 Å². The number of nitrogens with one attached hydrogen (secondary N) is 1. The van der Waals surface area contributed by atoms with E-state index >= 15 is 0 Å². The fourth-order valence-electron chi connectivity index (χ4n) is 2.05. The third kappa shape index (κ3) is 2.59. The molecule has 0 aliphatic heterocycles. The van der Waals surface area contributed by atoms with Gasteiger partial charge in [-0.2, -0.15) is 0 Å². The minimum atomic E-state index is -0.315. The second-order valence-corrected chi connectivity index (χ2v) is 5.57. The molecule has 1 N–H and O–H groups in total. The van der Waals surface area contributed by atoms with Gasteiger partial charge in [-0.3, -0.25) is 0 Å². The molecule has 4 heteroatoms. The molecule has 0 fully saturated rings. The number of benzene rings is 1. The summed E-state index contributed by atoms with van der Waals surface area (Å²) in [6, 6.07) is 3.73. The Hall–Kier alpha value is -0.870. The van der Waals surface area contributed by atoms with Crippen molar-refractivity contribution in [1.82, 2.24) is 5.32 Å². The second kappa shape index (κ2) is 5.41. The average Bonchev–Trinajstić information content (AvgIpc) is 2.64. The lowest BCUT2D eigenvalue weighted by molar-refractivity contribution is 0.472. The molecular formula is C14H17BrFNO. The predicted molar refractivity (Wildman–Crippen MR) is 75.2 cm³/mol. The summed E-state index contributed by atoms with van der Waals surface area (Å²) < 4.78 is 20.2. The summed E-state index contributed by atoms with van der Waals surface area (Å²) in [5, 5.41) is 4.17. The van der Waals surface area contributed by atoms with Crippen LogP contribution in [0.5, 0.6) is 0 Å². The molecule has 1 aromatic carbocycles. The lowest BCUT2D eigenvalue weighted by atomic mass is 10.1. The van der Waals surface area contributed by atoms with Crippen LogP contribution in [0, 0.1) is 5.82 Å². The molecule has 1 heterocycles. The lowest BCUT2D eigenvalue weighted by Crippen LogP contribution is -2.22. The maximum Gasteiger partial charge on any atom is 0.170 e. The summed E-state index contributed by atoms with van der Waals surface area (Å²) in [7, 11) is 0. The zero-order valence-corrected chi connectivity index (χ0v) is 12.4. The highest BCUT2D eigenvalue weighted by Crippen LogP contribution is 2.31. The Labute approximate surface area is 115 Å². The molecule has 98 valence electrons. The maximum atomic E-state index is 13.8. The molecule has 2 nitrogen and oxygen atoms in total. The van der Waals surface area contributed by atoms with Crippen molar-refractivity contribution >= 4 is 26.9 Å². The number of rotatable bonds is 4. The molecule has 0 atom stereocenters. The van der Waals surface area contributed by atoms with Crippen molar-refractivity contribution in [3.63, 3.8) is 0 Å². The first-order chi connectivity index (χ1) is 8.52. The van der Waals surface area contributed by atoms with Crippen molar-refractivity contribution in [3.05, 3.63) is 33.7 Å². The lowest BCUT2D eigenvalue weighted by Gasteiger charge is -2.06. The molecule has 0 aliphatic rings. The maximum absolute atomic E-state index is 13.8. The molecule has 0 saturated heterocycles. The highest BCUT2D eigenvalue weighted by atomic mass is 79.9. The summed E-state index contributed by atoms with van der Waals surface area (Å²) in [4.78, 5) is 0. The Bertz CT molecular complexity index is 562. The van der Waals surface area contributed by atoms with Crippen molar-refractivity contribution in [2.24, 2.45) is 0 Å². The number of fused-ring (bicyclic) bond motifs is 1. The van der Waals surface area contributed by atoms with Crippen LogP contribution in [0.2, 0.25) is 0 Å². The fraction of sp³-hybridized carbons (Fsp3) is 0.429. The SMILES string of the molecule is CCc1c(CNC(C)C)oc2c(F)cc(Br)cc12. The van der Waals surface area contributed by atoms with Gasteiger partial charge in [0.25, 0.3) is 0 Å². The molecule has 2 rings (SSSR count). The van der Waals surface area contributed by atoms with E-state index in [0.29, 0.717) is 18.2 Å². The number of halogens is 2. The van der Waals surface area contributed by atoms with Crippen LogP contribution in [-0.4, -0.2) is 6.04 Å². The molecule has 18 heavy (non-hydrogen) atoms. The van der Waals surface area contributed by atoms with Crippen LogP contribution in [-0.2, 0) is 13.0 Å². The van der Waals surface area contributed by atoms with Crippen molar-refractivity contribution in [2.75, 3.05) is 0 Å². The van der Waals surface area contributed by atoms with E-state index < -0.39 is 0 Å². The number of hydrogen-bond donors (Lipinski definition) is 1. The Morgan fingerprint density at radius 1 is 1.39 bits per heavy atom. The Morgan fingerprint density at radius 2 is 2.11 bits per heavy atom. The van der Waals surface area contributed by atoms with Crippen LogP contribution in [0.15, 0.2) is 21.0 Å². The number of hydrogen-bond acceptors (Lipinski definition) is 2. The summed E-state index contributed by atoms with van der Waals surface area (Å²) in [5.41, 5.74) is 1.44. The summed E-state index contributed by atoms with van der Waals surface area (Å²) in [6.07, 6.45) is 0.831. The summed E-state index contributed by atoms with van der Waals surface area (Å²) in [5.74, 6) is 0.517. The van der Waals surface area contributed by atoms with Crippen LogP contribution in [0.3, 0.4) is 0 Å². The predicted octanol–water partition coefficient (Wildman–Crippen LogP) is 4.39. The van der Waals surface area contributed by atoms with E-state index in [1.54, 1.807) is 0 Å². The zero-order valence-electron chi connectivity index (χ0n) is 10.8. The van der Waals surface area contributed by atoms with Gasteiger partial charge in [0.1, 0.15) is 5.76 Å². The van der Waals surface area contributed by atoms with E-state index in [1.165, 1.54) is 6.07 Å². The van der Waals surface area contributed by atoms with Crippen molar-refractivity contribution in [2.45, 2.75) is 39.8 Å². The molecule has 0 saturated carbocycles. The molecule has 0 amide bonds. The second-order valence-electron chi connectivity index (χ2n) is 4.66. The van der Waals surface area contributed by atoms with E-state index in [2.05, 4.69) is 42.0 Å². The molecular weight excluding hydrogens is 297 g/mol. The first-order valence-electron chi connectivity index (χ1n) is 6.15. The third-order valence-electron chi connectivity index (χ3n) is 2.92. The molecule has 0 unspecified atom stereocenters. The third-order valence-corrected chi connectivity index (χ3v) is 3.38. The molecule has 2 aromatic rings. The highest BCUT2D eigenvalue weighted by Gasteiger charge is 2.16. The van der Waals surface area contributed by atoms with E-state index in [-0.39, 0.29) is 5.82 Å². The van der Waals surface area contributed by atoms with Gasteiger partial charge in [-0.05, 0) is 18.6 Å². The van der Waals surface area contributed by atoms with E-state index in [4.69, 9.17) is 4.42 Å². The topological polar surface area (TPSA) is 25.2 Å². The van der Waals surface area contributed by atoms with Gasteiger partial charge in [-0.1, -0.05) is 36.7 Å². The monoisotopic (exact) mass is 313 g/mol. The van der Waals surface area contributed by atoms with Crippen LogP contribution in [0.4, 0.5) is 4.39 Å². The van der Waals surface area contributed by atoms with Gasteiger partial charge >= 0.3 is 0 Å². The van der Waals surface area contributed by atoms with Crippen LogP contribution in [0.1, 0.15) is 32.1 Å². The summed E-state index contributed by atoms with van der Waals surface area (Å²) in [6.45, 7) is 6.84. The quantitative estimate of drug-likeness (QED) is 0.905. The van der Waals surface area contributed by atoms with Gasteiger partial charge in [0.2, 0.25) is 0 Å². The first-order valence-corrected chi connectivity index (χ1v) is 6.95. The van der Waals surface area contributed by atoms with Crippen LogP contribution in [0.25, 0.3) is 11.0 Å². The minimum Gasteiger partial charge on any atom is -0.456 e. The van der Waals surface area contributed by atoms with Gasteiger partial charge < -0.3 is 9.73 Å². The Kier molecular flexibility index (Phi) is 4.07. The van der Waals surface area contributed by atoms with Crippen molar-refractivity contribution in [3.8, 4) is 0 Å².